The van der Waals surface area contributed by atoms with Crippen molar-refractivity contribution in [1.29, 1.82) is 0 Å². The molecule has 3 rings (SSSR count). The largest absolute Gasteiger partial charge is 0.474 e. The monoisotopic (exact) mass is 347 g/mol. The molecule has 0 unspecified atom stereocenters. The van der Waals surface area contributed by atoms with Gasteiger partial charge in [-0.05, 0) is 37.8 Å². The molecule has 0 bridgehead atoms. The fourth-order valence-corrected chi connectivity index (χ4v) is 2.89. The highest BCUT2D eigenvalue weighted by molar-refractivity contribution is 6.30. The Labute approximate surface area is 144 Å². The van der Waals surface area contributed by atoms with E-state index in [0.29, 0.717) is 16.5 Å². The molecule has 126 valence electrons. The van der Waals surface area contributed by atoms with E-state index in [2.05, 4.69) is 15.3 Å². The summed E-state index contributed by atoms with van der Waals surface area (Å²) in [5.74, 6) is 0.347. The maximum absolute atomic E-state index is 12.2. The summed E-state index contributed by atoms with van der Waals surface area (Å²) in [6, 6.07) is 6.49. The molecule has 2 heterocycles. The summed E-state index contributed by atoms with van der Waals surface area (Å²) in [6.07, 6.45) is 6.45. The Morgan fingerprint density at radius 2 is 2.04 bits per heavy atom. The number of hydrogen-bond acceptors (Lipinski definition) is 4. The molecule has 24 heavy (non-hydrogen) atoms. The van der Waals surface area contributed by atoms with Gasteiger partial charge in [-0.2, -0.15) is 0 Å². The second-order valence-electron chi connectivity index (χ2n) is 5.82. The summed E-state index contributed by atoms with van der Waals surface area (Å²) in [6.45, 7) is 0. The average Bonchev–Trinajstić information content (AvgIpc) is 2.59. The van der Waals surface area contributed by atoms with Crippen molar-refractivity contribution in [1.82, 2.24) is 15.3 Å². The molecule has 7 heteroatoms. The van der Waals surface area contributed by atoms with Gasteiger partial charge in [0.1, 0.15) is 6.10 Å². The number of aromatic nitrogens is 2. The number of amides is 1. The van der Waals surface area contributed by atoms with Gasteiger partial charge in [0.2, 0.25) is 11.4 Å². The lowest BCUT2D eigenvalue weighted by Crippen LogP contribution is -2.40. The molecule has 0 saturated heterocycles. The van der Waals surface area contributed by atoms with Crippen molar-refractivity contribution in [2.24, 2.45) is 0 Å². The Morgan fingerprint density at radius 1 is 1.25 bits per heavy atom. The van der Waals surface area contributed by atoms with E-state index in [4.69, 9.17) is 16.3 Å². The van der Waals surface area contributed by atoms with Crippen LogP contribution in [0, 0.1) is 0 Å². The van der Waals surface area contributed by atoms with Crippen molar-refractivity contribution in [3.05, 3.63) is 57.6 Å². The van der Waals surface area contributed by atoms with Crippen LogP contribution in [-0.4, -0.2) is 28.0 Å². The molecule has 1 saturated carbocycles. The van der Waals surface area contributed by atoms with E-state index in [0.717, 1.165) is 25.7 Å². The van der Waals surface area contributed by atoms with E-state index in [9.17, 15) is 9.59 Å². The smallest absolute Gasteiger partial charge is 0.251 e. The number of hydrogen-bond donors (Lipinski definition) is 2. The summed E-state index contributed by atoms with van der Waals surface area (Å²) in [7, 11) is 0. The molecule has 0 aliphatic heterocycles. The number of carbonyl (C=O) groups is 1. The maximum atomic E-state index is 12.2. The van der Waals surface area contributed by atoms with Crippen LogP contribution in [-0.2, 0) is 0 Å². The molecule has 2 aromatic rings. The second kappa shape index (κ2) is 7.49. The van der Waals surface area contributed by atoms with E-state index >= 15 is 0 Å². The predicted molar refractivity (Wildman–Crippen MR) is 90.4 cm³/mol. The number of rotatable bonds is 4. The molecule has 2 aromatic heterocycles. The molecule has 1 fully saturated rings. The molecule has 0 aromatic carbocycles. The summed E-state index contributed by atoms with van der Waals surface area (Å²) >= 11 is 5.80. The summed E-state index contributed by atoms with van der Waals surface area (Å²) in [5, 5.41) is 3.55. The van der Waals surface area contributed by atoms with Crippen LogP contribution in [0.1, 0.15) is 36.0 Å². The van der Waals surface area contributed by atoms with E-state index in [-0.39, 0.29) is 23.6 Å². The molecule has 0 spiro atoms. The van der Waals surface area contributed by atoms with E-state index in [1.54, 1.807) is 24.4 Å². The number of aromatic amines is 1. The second-order valence-corrected chi connectivity index (χ2v) is 6.26. The van der Waals surface area contributed by atoms with Gasteiger partial charge in [0, 0.05) is 36.1 Å². The third-order valence-corrected chi connectivity index (χ3v) is 4.26. The zero-order valence-corrected chi connectivity index (χ0v) is 13.8. The van der Waals surface area contributed by atoms with E-state index in [1.165, 1.54) is 12.3 Å². The van der Waals surface area contributed by atoms with Gasteiger partial charge in [-0.25, -0.2) is 4.98 Å². The van der Waals surface area contributed by atoms with Gasteiger partial charge >= 0.3 is 0 Å². The van der Waals surface area contributed by atoms with Crippen LogP contribution in [0.3, 0.4) is 0 Å². The number of pyridine rings is 2. The number of carbonyl (C=O) groups excluding carboxylic acids is 1. The third-order valence-electron chi connectivity index (χ3n) is 4.03. The standard InChI is InChI=1S/C17H18ClN3O3/c18-12-1-6-16(20-10-12)24-14-4-2-13(3-5-14)21-17(23)11-7-8-19-15(22)9-11/h1,6-10,13-14H,2-5H2,(H,19,22)(H,21,23). The van der Waals surface area contributed by atoms with Gasteiger partial charge in [-0.3, -0.25) is 9.59 Å². The van der Waals surface area contributed by atoms with Crippen LogP contribution in [0.5, 0.6) is 5.88 Å². The Morgan fingerprint density at radius 3 is 2.71 bits per heavy atom. The molecule has 1 aliphatic carbocycles. The highest BCUT2D eigenvalue weighted by Crippen LogP contribution is 2.23. The first-order valence-corrected chi connectivity index (χ1v) is 8.26. The molecular weight excluding hydrogens is 330 g/mol. The Kier molecular flexibility index (Phi) is 5.15. The van der Waals surface area contributed by atoms with Gasteiger partial charge in [-0.1, -0.05) is 11.6 Å². The topological polar surface area (TPSA) is 84.1 Å². The van der Waals surface area contributed by atoms with Gasteiger partial charge in [0.25, 0.3) is 5.91 Å². The highest BCUT2D eigenvalue weighted by atomic mass is 35.5. The predicted octanol–water partition coefficient (Wildman–Crippen LogP) is 2.54. The van der Waals surface area contributed by atoms with Crippen LogP contribution in [0.15, 0.2) is 41.5 Å². The lowest BCUT2D eigenvalue weighted by Gasteiger charge is -2.29. The van der Waals surface area contributed by atoms with Crippen LogP contribution >= 0.6 is 11.6 Å². The fraction of sp³-hybridized carbons (Fsp3) is 0.353. The molecule has 1 amide bonds. The van der Waals surface area contributed by atoms with Gasteiger partial charge in [0.05, 0.1) is 5.02 Å². The van der Waals surface area contributed by atoms with Crippen molar-refractivity contribution >= 4 is 17.5 Å². The summed E-state index contributed by atoms with van der Waals surface area (Å²) in [5.41, 5.74) is 0.0951. The van der Waals surface area contributed by atoms with Gasteiger partial charge in [-0.15, -0.1) is 0 Å². The molecule has 2 N–H and O–H groups in total. The van der Waals surface area contributed by atoms with Gasteiger partial charge in [0.15, 0.2) is 0 Å². The first-order chi connectivity index (χ1) is 11.6. The van der Waals surface area contributed by atoms with E-state index in [1.807, 2.05) is 0 Å². The Bertz CT molecular complexity index is 752. The quantitative estimate of drug-likeness (QED) is 0.890. The number of nitrogens with zero attached hydrogens (tertiary/aromatic N) is 1. The van der Waals surface area contributed by atoms with Crippen molar-refractivity contribution < 1.29 is 9.53 Å². The summed E-state index contributed by atoms with van der Waals surface area (Å²) < 4.78 is 5.84. The number of nitrogens with one attached hydrogen (secondary N) is 2. The van der Waals surface area contributed by atoms with Crippen molar-refractivity contribution in [3.8, 4) is 5.88 Å². The molecule has 0 atom stereocenters. The van der Waals surface area contributed by atoms with Crippen molar-refractivity contribution in [2.75, 3.05) is 0 Å². The SMILES string of the molecule is O=C(NC1CCC(Oc2ccc(Cl)cn2)CC1)c1cc[nH]c(=O)c1. The molecule has 0 radical (unpaired) electrons. The Balaban J connectivity index is 1.49. The lowest BCUT2D eigenvalue weighted by atomic mass is 9.92. The van der Waals surface area contributed by atoms with Crippen LogP contribution in [0.2, 0.25) is 5.02 Å². The first kappa shape index (κ1) is 16.5. The minimum absolute atomic E-state index is 0.0893. The lowest BCUT2D eigenvalue weighted by molar-refractivity contribution is 0.0890. The normalized spacial score (nSPS) is 20.4. The maximum Gasteiger partial charge on any atom is 0.251 e. The minimum Gasteiger partial charge on any atom is -0.474 e. The highest BCUT2D eigenvalue weighted by Gasteiger charge is 2.24. The zero-order valence-electron chi connectivity index (χ0n) is 13.0. The van der Waals surface area contributed by atoms with E-state index < -0.39 is 0 Å². The molecular formula is C17H18ClN3O3. The third kappa shape index (κ3) is 4.35. The minimum atomic E-state index is -0.282. The number of H-pyrrole nitrogens is 1. The fourth-order valence-electron chi connectivity index (χ4n) is 2.78. The zero-order chi connectivity index (χ0) is 16.9. The van der Waals surface area contributed by atoms with Crippen LogP contribution in [0.25, 0.3) is 0 Å². The molecule has 1 aliphatic rings. The van der Waals surface area contributed by atoms with Crippen LogP contribution in [0.4, 0.5) is 0 Å². The van der Waals surface area contributed by atoms with Gasteiger partial charge < -0.3 is 15.0 Å². The summed E-state index contributed by atoms with van der Waals surface area (Å²) in [4.78, 5) is 30.0. The Hall–Kier alpha value is -2.34. The number of ether oxygens (including phenoxy) is 1. The van der Waals surface area contributed by atoms with Crippen molar-refractivity contribution in [2.45, 2.75) is 37.8 Å². The molecule has 6 nitrogen and oxygen atoms in total. The van der Waals surface area contributed by atoms with Crippen molar-refractivity contribution in [3.63, 3.8) is 0 Å². The average molecular weight is 348 g/mol. The van der Waals surface area contributed by atoms with Crippen LogP contribution < -0.4 is 15.6 Å². The first-order valence-electron chi connectivity index (χ1n) is 7.88. The number of halogens is 1.